The highest BCUT2D eigenvalue weighted by Gasteiger charge is 2.13. The predicted molar refractivity (Wildman–Crippen MR) is 64.8 cm³/mol. The van der Waals surface area contributed by atoms with E-state index in [1.54, 1.807) is 40.1 Å². The second-order valence-electron chi connectivity index (χ2n) is 4.67. The third kappa shape index (κ3) is 4.36. The highest BCUT2D eigenvalue weighted by atomic mass is 16.3. The van der Waals surface area contributed by atoms with Crippen LogP contribution in [0.5, 0.6) is 0 Å². The number of carbonyl (C=O) groups excluding carboxylic acids is 1. The maximum Gasteiger partial charge on any atom is 0.273 e. The van der Waals surface area contributed by atoms with Gasteiger partial charge in [0.25, 0.3) is 5.91 Å². The molecule has 0 unspecified atom stereocenters. The van der Waals surface area contributed by atoms with Crippen molar-refractivity contribution in [2.45, 2.75) is 19.4 Å². The number of nitrogens with zero attached hydrogens (tertiary/aromatic N) is 3. The fourth-order valence-electron chi connectivity index (χ4n) is 1.08. The summed E-state index contributed by atoms with van der Waals surface area (Å²) in [7, 11) is 3.31. The lowest BCUT2D eigenvalue weighted by Crippen LogP contribution is -2.29. The van der Waals surface area contributed by atoms with Gasteiger partial charge in [0.1, 0.15) is 5.82 Å². The summed E-state index contributed by atoms with van der Waals surface area (Å²) in [5, 5.41) is 20.1. The zero-order chi connectivity index (χ0) is 13.1. The monoisotopic (exact) mass is 238 g/mol. The van der Waals surface area contributed by atoms with Crippen LogP contribution in [0.1, 0.15) is 24.3 Å². The van der Waals surface area contributed by atoms with Crippen LogP contribution in [0.25, 0.3) is 0 Å². The molecule has 0 saturated heterocycles. The molecule has 0 bridgehead atoms. The van der Waals surface area contributed by atoms with E-state index in [1.807, 2.05) is 0 Å². The van der Waals surface area contributed by atoms with Gasteiger partial charge in [0, 0.05) is 20.6 Å². The quantitative estimate of drug-likeness (QED) is 0.792. The van der Waals surface area contributed by atoms with Crippen molar-refractivity contribution in [3.63, 3.8) is 0 Å². The fourth-order valence-corrected chi connectivity index (χ4v) is 1.08. The van der Waals surface area contributed by atoms with Crippen molar-refractivity contribution >= 4 is 11.7 Å². The number of anilines is 1. The van der Waals surface area contributed by atoms with Gasteiger partial charge in [-0.05, 0) is 26.0 Å². The molecule has 0 aliphatic rings. The third-order valence-corrected chi connectivity index (χ3v) is 1.99. The minimum Gasteiger partial charge on any atom is -0.389 e. The van der Waals surface area contributed by atoms with E-state index < -0.39 is 5.60 Å². The molecule has 0 aliphatic heterocycles. The van der Waals surface area contributed by atoms with Crippen molar-refractivity contribution in [1.29, 1.82) is 0 Å². The zero-order valence-corrected chi connectivity index (χ0v) is 10.6. The number of rotatable bonds is 4. The summed E-state index contributed by atoms with van der Waals surface area (Å²) in [6, 6.07) is 3.26. The van der Waals surface area contributed by atoms with E-state index >= 15 is 0 Å². The van der Waals surface area contributed by atoms with Crippen LogP contribution in [0.15, 0.2) is 12.1 Å². The van der Waals surface area contributed by atoms with Crippen molar-refractivity contribution < 1.29 is 9.90 Å². The summed E-state index contributed by atoms with van der Waals surface area (Å²) in [4.78, 5) is 13.0. The maximum atomic E-state index is 11.5. The van der Waals surface area contributed by atoms with E-state index in [1.165, 1.54) is 4.90 Å². The molecule has 0 aromatic carbocycles. The number of hydrogen-bond acceptors (Lipinski definition) is 5. The molecular formula is C11H18N4O2. The third-order valence-electron chi connectivity index (χ3n) is 1.99. The van der Waals surface area contributed by atoms with E-state index in [9.17, 15) is 9.90 Å². The topological polar surface area (TPSA) is 78.4 Å². The van der Waals surface area contributed by atoms with Crippen LogP contribution < -0.4 is 5.32 Å². The molecule has 1 amide bonds. The van der Waals surface area contributed by atoms with Gasteiger partial charge in [-0.1, -0.05) is 0 Å². The molecule has 6 nitrogen and oxygen atoms in total. The van der Waals surface area contributed by atoms with Gasteiger partial charge in [-0.3, -0.25) is 4.79 Å². The van der Waals surface area contributed by atoms with Crippen molar-refractivity contribution in [3.8, 4) is 0 Å². The standard InChI is InChI=1S/C11H18N4O2/c1-11(2,17)7-12-9-6-5-8(13-14-9)10(16)15(3)4/h5-6,17H,7H2,1-4H3,(H,12,14). The molecule has 17 heavy (non-hydrogen) atoms. The van der Waals surface area contributed by atoms with Crippen LogP contribution >= 0.6 is 0 Å². The first-order valence-corrected chi connectivity index (χ1v) is 5.31. The number of aromatic nitrogens is 2. The van der Waals surface area contributed by atoms with Gasteiger partial charge in [-0.15, -0.1) is 10.2 Å². The summed E-state index contributed by atoms with van der Waals surface area (Å²) in [6.45, 7) is 3.75. The molecule has 1 heterocycles. The molecule has 1 aromatic heterocycles. The summed E-state index contributed by atoms with van der Waals surface area (Å²) in [5.41, 5.74) is -0.524. The van der Waals surface area contributed by atoms with Gasteiger partial charge in [-0.25, -0.2) is 0 Å². The van der Waals surface area contributed by atoms with Gasteiger partial charge in [0.05, 0.1) is 5.60 Å². The first-order valence-electron chi connectivity index (χ1n) is 5.31. The minimum absolute atomic E-state index is 0.188. The number of aliphatic hydroxyl groups is 1. The van der Waals surface area contributed by atoms with Gasteiger partial charge >= 0.3 is 0 Å². The predicted octanol–water partition coefficient (Wildman–Crippen LogP) is 0.361. The second kappa shape index (κ2) is 5.09. The molecule has 0 saturated carbocycles. The Hall–Kier alpha value is -1.69. The van der Waals surface area contributed by atoms with Crippen LogP contribution in [0, 0.1) is 0 Å². The summed E-state index contributed by atoms with van der Waals surface area (Å²) in [5.74, 6) is 0.342. The number of hydrogen-bond donors (Lipinski definition) is 2. The Kier molecular flexibility index (Phi) is 4.01. The summed E-state index contributed by atoms with van der Waals surface area (Å²) < 4.78 is 0. The lowest BCUT2D eigenvalue weighted by atomic mass is 10.1. The van der Waals surface area contributed by atoms with E-state index in [0.29, 0.717) is 18.1 Å². The molecular weight excluding hydrogens is 220 g/mol. The molecule has 94 valence electrons. The van der Waals surface area contributed by atoms with Crippen LogP contribution in [0.2, 0.25) is 0 Å². The Labute approximate surface area is 101 Å². The van der Waals surface area contributed by atoms with Gasteiger partial charge < -0.3 is 15.3 Å². The van der Waals surface area contributed by atoms with Crippen LogP contribution in [-0.2, 0) is 0 Å². The lowest BCUT2D eigenvalue weighted by molar-refractivity contribution is 0.0820. The molecule has 0 radical (unpaired) electrons. The number of nitrogens with one attached hydrogen (secondary N) is 1. The average molecular weight is 238 g/mol. The first-order chi connectivity index (χ1) is 7.79. The number of carbonyl (C=O) groups is 1. The number of amides is 1. The molecule has 0 atom stereocenters. The molecule has 6 heteroatoms. The van der Waals surface area contributed by atoms with Crippen molar-refractivity contribution in [1.82, 2.24) is 15.1 Å². The SMILES string of the molecule is CN(C)C(=O)c1ccc(NCC(C)(C)O)nn1. The van der Waals surface area contributed by atoms with Crippen molar-refractivity contribution in [2.75, 3.05) is 26.0 Å². The normalized spacial score (nSPS) is 11.1. The Bertz CT molecular complexity index is 381. The lowest BCUT2D eigenvalue weighted by Gasteiger charge is -2.17. The largest absolute Gasteiger partial charge is 0.389 e. The molecule has 1 aromatic rings. The fraction of sp³-hybridized carbons (Fsp3) is 0.545. The highest BCUT2D eigenvalue weighted by Crippen LogP contribution is 2.06. The molecule has 0 spiro atoms. The van der Waals surface area contributed by atoms with E-state index in [0.717, 1.165) is 0 Å². The average Bonchev–Trinajstić information content (AvgIpc) is 2.25. The molecule has 0 aliphatic carbocycles. The minimum atomic E-state index is -0.820. The Morgan fingerprint density at radius 3 is 2.47 bits per heavy atom. The zero-order valence-electron chi connectivity index (χ0n) is 10.6. The molecule has 2 N–H and O–H groups in total. The van der Waals surface area contributed by atoms with Crippen LogP contribution in [0.4, 0.5) is 5.82 Å². The second-order valence-corrected chi connectivity index (χ2v) is 4.67. The smallest absolute Gasteiger partial charge is 0.273 e. The van der Waals surface area contributed by atoms with Crippen molar-refractivity contribution in [3.05, 3.63) is 17.8 Å². The Morgan fingerprint density at radius 2 is 2.06 bits per heavy atom. The van der Waals surface area contributed by atoms with Gasteiger partial charge in [0.15, 0.2) is 5.69 Å². The van der Waals surface area contributed by atoms with Gasteiger partial charge in [-0.2, -0.15) is 0 Å². The highest BCUT2D eigenvalue weighted by molar-refractivity contribution is 5.91. The van der Waals surface area contributed by atoms with E-state index in [2.05, 4.69) is 15.5 Å². The van der Waals surface area contributed by atoms with Gasteiger partial charge in [0.2, 0.25) is 0 Å². The van der Waals surface area contributed by atoms with E-state index in [-0.39, 0.29) is 5.91 Å². The Balaban J connectivity index is 2.66. The van der Waals surface area contributed by atoms with Crippen LogP contribution in [-0.4, -0.2) is 52.4 Å². The summed E-state index contributed by atoms with van der Waals surface area (Å²) in [6.07, 6.45) is 0. The summed E-state index contributed by atoms with van der Waals surface area (Å²) >= 11 is 0. The Morgan fingerprint density at radius 1 is 1.41 bits per heavy atom. The van der Waals surface area contributed by atoms with Crippen LogP contribution in [0.3, 0.4) is 0 Å². The molecule has 1 rings (SSSR count). The maximum absolute atomic E-state index is 11.5. The molecule has 0 fully saturated rings. The first kappa shape index (κ1) is 13.4. The van der Waals surface area contributed by atoms with Crippen molar-refractivity contribution in [2.24, 2.45) is 0 Å². The van der Waals surface area contributed by atoms with E-state index in [4.69, 9.17) is 0 Å².